The Morgan fingerprint density at radius 1 is 0.875 bits per heavy atom. The average Bonchev–Trinajstić information content (AvgIpc) is 3.78. The molecule has 9 nitrogen and oxygen atoms in total. The van der Waals surface area contributed by atoms with Gasteiger partial charge in [-0.1, -0.05) is 35.3 Å². The Morgan fingerprint density at radius 3 is 2.23 bits per heavy atom. The molecule has 252 valence electrons. The summed E-state index contributed by atoms with van der Waals surface area (Å²) in [4.78, 5) is 20.3. The molecule has 4 aromatic rings. The minimum atomic E-state index is -3.77. The van der Waals surface area contributed by atoms with Crippen molar-refractivity contribution < 1.29 is 17.6 Å². The van der Waals surface area contributed by atoms with Gasteiger partial charge in [-0.2, -0.15) is 9.40 Å². The van der Waals surface area contributed by atoms with Gasteiger partial charge in [0.1, 0.15) is 5.82 Å². The number of aromatic nitrogens is 2. The highest BCUT2D eigenvalue weighted by atomic mass is 35.5. The van der Waals surface area contributed by atoms with Crippen molar-refractivity contribution in [3.8, 4) is 0 Å². The smallest absolute Gasteiger partial charge is 0.255 e. The monoisotopic (exact) mass is 710 g/mol. The van der Waals surface area contributed by atoms with E-state index in [1.165, 1.54) is 23.8 Å². The zero-order valence-electron chi connectivity index (χ0n) is 26.4. The van der Waals surface area contributed by atoms with Crippen molar-refractivity contribution in [2.45, 2.75) is 55.1 Å². The molecule has 0 spiro atoms. The van der Waals surface area contributed by atoms with Gasteiger partial charge in [0.25, 0.3) is 5.91 Å². The van der Waals surface area contributed by atoms with E-state index in [1.807, 2.05) is 30.3 Å². The van der Waals surface area contributed by atoms with Crippen LogP contribution in [-0.4, -0.2) is 96.1 Å². The first kappa shape index (κ1) is 32.0. The summed E-state index contributed by atoms with van der Waals surface area (Å²) in [6.07, 6.45) is 6.52. The quantitative estimate of drug-likeness (QED) is 0.228. The Labute approximate surface area is 289 Å². The van der Waals surface area contributed by atoms with E-state index >= 15 is 0 Å². The summed E-state index contributed by atoms with van der Waals surface area (Å²) in [6.45, 7) is 3.98. The Balaban J connectivity index is 1.04. The van der Waals surface area contributed by atoms with Gasteiger partial charge < -0.3 is 14.7 Å². The molecule has 4 aliphatic rings. The fourth-order valence-corrected chi connectivity index (χ4v) is 9.52. The number of rotatable bonds is 8. The van der Waals surface area contributed by atoms with Crippen molar-refractivity contribution in [3.05, 3.63) is 87.8 Å². The number of nitrogens with zero attached hydrogens (tertiary/aromatic N) is 6. The number of anilines is 1. The molecule has 4 fully saturated rings. The van der Waals surface area contributed by atoms with Crippen LogP contribution in [0, 0.1) is 5.82 Å². The molecule has 3 aliphatic heterocycles. The summed E-state index contributed by atoms with van der Waals surface area (Å²) in [6, 6.07) is 15.7. The molecular weight excluding hydrogens is 674 g/mol. The van der Waals surface area contributed by atoms with E-state index in [4.69, 9.17) is 28.3 Å². The maximum atomic E-state index is 14.2. The molecule has 4 heterocycles. The summed E-state index contributed by atoms with van der Waals surface area (Å²) in [5.41, 5.74) is 3.33. The highest BCUT2D eigenvalue weighted by Gasteiger charge is 2.44. The molecule has 13 heteroatoms. The molecule has 1 saturated carbocycles. The predicted octanol–water partition coefficient (Wildman–Crippen LogP) is 5.86. The van der Waals surface area contributed by atoms with Crippen LogP contribution in [-0.2, 0) is 16.4 Å². The van der Waals surface area contributed by atoms with Crippen LogP contribution in [0.5, 0.6) is 0 Å². The fraction of sp³-hybridized carbons (Fsp3) is 0.429. The summed E-state index contributed by atoms with van der Waals surface area (Å²) in [5, 5.41) is 6.37. The lowest BCUT2D eigenvalue weighted by atomic mass is 10.1. The van der Waals surface area contributed by atoms with Crippen LogP contribution in [0.2, 0.25) is 10.0 Å². The molecule has 3 saturated heterocycles. The van der Waals surface area contributed by atoms with Crippen molar-refractivity contribution in [1.29, 1.82) is 0 Å². The number of likely N-dealkylation sites (tertiary alicyclic amines) is 1. The Kier molecular flexibility index (Phi) is 8.40. The van der Waals surface area contributed by atoms with Crippen molar-refractivity contribution in [2.75, 3.05) is 50.7 Å². The molecule has 8 rings (SSSR count). The van der Waals surface area contributed by atoms with Crippen LogP contribution >= 0.6 is 23.2 Å². The number of halogens is 3. The Hall–Kier alpha value is -3.22. The highest BCUT2D eigenvalue weighted by molar-refractivity contribution is 7.89. The third-order valence-corrected chi connectivity index (χ3v) is 12.8. The third kappa shape index (κ3) is 5.98. The van der Waals surface area contributed by atoms with Gasteiger partial charge in [-0.15, -0.1) is 0 Å². The second-order valence-corrected chi connectivity index (χ2v) is 16.2. The molecule has 1 aliphatic carbocycles. The van der Waals surface area contributed by atoms with E-state index < -0.39 is 15.8 Å². The average molecular weight is 712 g/mol. The van der Waals surface area contributed by atoms with Crippen molar-refractivity contribution in [1.82, 2.24) is 23.9 Å². The van der Waals surface area contributed by atoms with Crippen LogP contribution < -0.4 is 4.90 Å². The van der Waals surface area contributed by atoms with E-state index in [0.717, 1.165) is 60.3 Å². The van der Waals surface area contributed by atoms with Crippen molar-refractivity contribution >= 4 is 55.7 Å². The zero-order chi connectivity index (χ0) is 33.2. The topological polar surface area (TPSA) is 82.0 Å². The van der Waals surface area contributed by atoms with Gasteiger partial charge in [0.2, 0.25) is 10.0 Å². The van der Waals surface area contributed by atoms with Gasteiger partial charge in [0.05, 0.1) is 38.9 Å². The first-order valence-electron chi connectivity index (χ1n) is 16.7. The lowest BCUT2D eigenvalue weighted by Gasteiger charge is -2.43. The van der Waals surface area contributed by atoms with Gasteiger partial charge in [-0.3, -0.25) is 9.48 Å². The minimum Gasteiger partial charge on any atom is -0.360 e. The van der Waals surface area contributed by atoms with E-state index in [2.05, 4.69) is 14.5 Å². The number of carbonyl (C=O) groups excluding carboxylic acids is 1. The molecule has 2 bridgehead atoms. The van der Waals surface area contributed by atoms with Gasteiger partial charge in [-0.05, 0) is 80.1 Å². The third-order valence-electron chi connectivity index (χ3n) is 10.3. The Morgan fingerprint density at radius 2 is 1.56 bits per heavy atom. The number of sulfonamides is 1. The van der Waals surface area contributed by atoms with Gasteiger partial charge in [-0.25, -0.2) is 12.8 Å². The number of piperazine rings is 2. The molecule has 0 radical (unpaired) electrons. The largest absolute Gasteiger partial charge is 0.360 e. The first-order valence-corrected chi connectivity index (χ1v) is 18.9. The van der Waals surface area contributed by atoms with Gasteiger partial charge in [0.15, 0.2) is 0 Å². The predicted molar refractivity (Wildman–Crippen MR) is 185 cm³/mol. The zero-order valence-corrected chi connectivity index (χ0v) is 28.8. The van der Waals surface area contributed by atoms with Gasteiger partial charge >= 0.3 is 0 Å². The summed E-state index contributed by atoms with van der Waals surface area (Å²) in [7, 11) is -3.77. The minimum absolute atomic E-state index is 0.000170. The van der Waals surface area contributed by atoms with Crippen LogP contribution in [0.25, 0.3) is 10.9 Å². The molecule has 3 aromatic carbocycles. The number of benzene rings is 3. The van der Waals surface area contributed by atoms with E-state index in [1.54, 1.807) is 21.5 Å². The standard InChI is InChI=1S/C35H37Cl2FN6O3S/c36-25-3-1-23(2-4-25)11-12-40-13-15-42(16-14-40)48(46,47)30-17-24-20-39-44(27-6-7-27)34(24)33(19-30)43-28-8-9-29(43)22-41(21-28)35(45)31-10-5-26(38)18-32(31)37/h1-5,10,17-20,27-29H,6-9,11-16,21-22H2/t28-,29+. The first-order chi connectivity index (χ1) is 23.2. The second kappa shape index (κ2) is 12.6. The fourth-order valence-electron chi connectivity index (χ4n) is 7.66. The summed E-state index contributed by atoms with van der Waals surface area (Å²) < 4.78 is 45.8. The maximum absolute atomic E-state index is 14.2. The number of fused-ring (bicyclic) bond motifs is 3. The van der Waals surface area contributed by atoms with E-state index in [9.17, 15) is 17.6 Å². The van der Waals surface area contributed by atoms with Crippen LogP contribution in [0.3, 0.4) is 0 Å². The molecular formula is C35H37Cl2FN6O3S. The maximum Gasteiger partial charge on any atom is 0.255 e. The second-order valence-electron chi connectivity index (χ2n) is 13.4. The van der Waals surface area contributed by atoms with Crippen LogP contribution in [0.15, 0.2) is 65.7 Å². The summed E-state index contributed by atoms with van der Waals surface area (Å²) >= 11 is 12.3. The highest BCUT2D eigenvalue weighted by Crippen LogP contribution is 2.44. The Bertz CT molecular complexity index is 1960. The molecule has 0 unspecified atom stereocenters. The number of carbonyl (C=O) groups is 1. The molecule has 48 heavy (non-hydrogen) atoms. The molecule has 0 N–H and O–H groups in total. The molecule has 1 aromatic heterocycles. The van der Waals surface area contributed by atoms with Gasteiger partial charge in [0, 0.05) is 68.3 Å². The normalized spacial score (nSPS) is 22.1. The van der Waals surface area contributed by atoms with E-state index in [0.29, 0.717) is 50.9 Å². The van der Waals surface area contributed by atoms with Crippen molar-refractivity contribution in [3.63, 3.8) is 0 Å². The number of amides is 1. The lowest BCUT2D eigenvalue weighted by molar-refractivity contribution is 0.0718. The van der Waals surface area contributed by atoms with E-state index in [-0.39, 0.29) is 27.9 Å². The number of hydrogen-bond acceptors (Lipinski definition) is 6. The number of hydrogen-bond donors (Lipinski definition) is 0. The molecule has 1 amide bonds. The van der Waals surface area contributed by atoms with Crippen LogP contribution in [0.4, 0.5) is 10.1 Å². The summed E-state index contributed by atoms with van der Waals surface area (Å²) in [5.74, 6) is -0.697. The SMILES string of the molecule is O=C(c1ccc(F)cc1Cl)N1C[C@H]2CC[C@@H](C1)N2c1cc(S(=O)(=O)N2CCN(CCc3ccc(Cl)cc3)CC2)cc2cnn(C3CC3)c12. The molecule has 2 atom stereocenters. The van der Waals surface area contributed by atoms with Crippen molar-refractivity contribution in [2.24, 2.45) is 0 Å². The lowest BCUT2D eigenvalue weighted by Crippen LogP contribution is -2.55. The van der Waals surface area contributed by atoms with Crippen LogP contribution in [0.1, 0.15) is 47.6 Å².